The molecule has 3 fully saturated rings. The lowest BCUT2D eigenvalue weighted by Gasteiger charge is -2.35. The van der Waals surface area contributed by atoms with E-state index in [1.807, 2.05) is 0 Å². The van der Waals surface area contributed by atoms with Crippen LogP contribution in [-0.2, 0) is 4.74 Å². The monoisotopic (exact) mass is 376 g/mol. The van der Waals surface area contributed by atoms with Crippen molar-refractivity contribution in [1.82, 2.24) is 15.1 Å². The number of nitrogens with one attached hydrogen (secondary N) is 1. The number of carbonyl (C=O) groups excluding carboxylic acids is 2. The van der Waals surface area contributed by atoms with Gasteiger partial charge < -0.3 is 15.0 Å². The molecule has 1 N–H and O–H groups in total. The van der Waals surface area contributed by atoms with Gasteiger partial charge in [-0.15, -0.1) is 0 Å². The maximum Gasteiger partial charge on any atom is 0.321 e. The maximum atomic E-state index is 14.3. The molecule has 3 aliphatic rings. The zero-order chi connectivity index (χ0) is 18.8. The normalized spacial score (nSPS) is 23.7. The fourth-order valence-electron chi connectivity index (χ4n) is 3.96. The van der Waals surface area contributed by atoms with Crippen molar-refractivity contribution < 1.29 is 18.7 Å². The lowest BCUT2D eigenvalue weighted by Crippen LogP contribution is -2.50. The summed E-state index contributed by atoms with van der Waals surface area (Å²) in [5.74, 6) is -0.278. The third-order valence-corrected chi connectivity index (χ3v) is 5.55. The van der Waals surface area contributed by atoms with Crippen LogP contribution in [0.3, 0.4) is 0 Å². The van der Waals surface area contributed by atoms with Gasteiger partial charge in [-0.05, 0) is 30.5 Å². The van der Waals surface area contributed by atoms with E-state index in [4.69, 9.17) is 4.74 Å². The summed E-state index contributed by atoms with van der Waals surface area (Å²) >= 11 is 0. The molecule has 4 rings (SSSR count). The fraction of sp³-hybridized carbons (Fsp3) is 0.579. The molecule has 0 bridgehead atoms. The largest absolute Gasteiger partial charge is 0.381 e. The van der Waals surface area contributed by atoms with Crippen molar-refractivity contribution in [3.63, 3.8) is 0 Å². The van der Waals surface area contributed by atoms with Crippen molar-refractivity contribution in [2.24, 2.45) is 5.92 Å². The van der Waals surface area contributed by atoms with Crippen LogP contribution in [0.4, 0.5) is 14.9 Å². The lowest BCUT2D eigenvalue weighted by atomic mass is 10.1. The highest BCUT2D eigenvalue weighted by molar-refractivity contribution is 5.98. The molecule has 3 saturated heterocycles. The molecule has 0 spiro atoms. The van der Waals surface area contributed by atoms with E-state index < -0.39 is 5.82 Å². The van der Waals surface area contributed by atoms with Gasteiger partial charge in [0.25, 0.3) is 5.91 Å². The number of amides is 3. The van der Waals surface area contributed by atoms with Gasteiger partial charge in [-0.25, -0.2) is 9.18 Å². The Kier molecular flexibility index (Phi) is 5.27. The fourth-order valence-corrected chi connectivity index (χ4v) is 3.96. The number of urea groups is 1. The van der Waals surface area contributed by atoms with Crippen molar-refractivity contribution in [3.8, 4) is 0 Å². The van der Waals surface area contributed by atoms with E-state index in [0.29, 0.717) is 37.8 Å². The Labute approximate surface area is 158 Å². The number of piperazine rings is 1. The third-order valence-electron chi connectivity index (χ3n) is 5.55. The molecular formula is C19H25FN4O3. The number of rotatable bonds is 4. The van der Waals surface area contributed by atoms with Crippen LogP contribution in [0.25, 0.3) is 0 Å². The number of hydrogen-bond acceptors (Lipinski definition) is 4. The molecular weight excluding hydrogens is 351 g/mol. The molecule has 7 nitrogen and oxygen atoms in total. The number of benzene rings is 1. The van der Waals surface area contributed by atoms with Gasteiger partial charge in [-0.1, -0.05) is 0 Å². The number of carbonyl (C=O) groups is 2. The molecule has 146 valence electrons. The molecule has 1 atom stereocenters. The first-order valence-corrected chi connectivity index (χ1v) is 9.56. The summed E-state index contributed by atoms with van der Waals surface area (Å²) in [6, 6.07) is 4.08. The molecule has 1 aromatic carbocycles. The zero-order valence-corrected chi connectivity index (χ0v) is 15.3. The van der Waals surface area contributed by atoms with Gasteiger partial charge in [0.2, 0.25) is 0 Å². The van der Waals surface area contributed by atoms with Gasteiger partial charge in [0.05, 0.1) is 12.2 Å². The number of anilines is 1. The van der Waals surface area contributed by atoms with E-state index in [0.717, 1.165) is 39.3 Å². The van der Waals surface area contributed by atoms with E-state index in [9.17, 15) is 14.0 Å². The topological polar surface area (TPSA) is 65.1 Å². The molecule has 3 heterocycles. The van der Waals surface area contributed by atoms with Gasteiger partial charge in [0.1, 0.15) is 5.82 Å². The Bertz CT molecular complexity index is 715. The van der Waals surface area contributed by atoms with Crippen LogP contribution in [0.1, 0.15) is 16.8 Å². The standard InChI is InChI=1S/C19H25FN4O3/c20-17-2-1-15(24-5-4-21-19(24)26)11-16(17)18(25)23-8-6-22(7-9-23)12-14-3-10-27-13-14/h1-2,11,14H,3-10,12-13H2,(H,21,26). The Morgan fingerprint density at radius 2 is 2.04 bits per heavy atom. The predicted molar refractivity (Wildman–Crippen MR) is 98.4 cm³/mol. The molecule has 3 amide bonds. The van der Waals surface area contributed by atoms with Gasteiger partial charge in [0.15, 0.2) is 0 Å². The molecule has 1 aromatic rings. The Morgan fingerprint density at radius 1 is 1.22 bits per heavy atom. The summed E-state index contributed by atoms with van der Waals surface area (Å²) in [6.07, 6.45) is 1.10. The quantitative estimate of drug-likeness (QED) is 0.856. The summed E-state index contributed by atoms with van der Waals surface area (Å²) in [5.41, 5.74) is 0.583. The van der Waals surface area contributed by atoms with E-state index in [-0.39, 0.29) is 17.5 Å². The SMILES string of the molecule is O=C(c1cc(N2CCNC2=O)ccc1F)N1CCN(CC2CCOC2)CC1. The smallest absolute Gasteiger partial charge is 0.321 e. The number of nitrogens with zero attached hydrogens (tertiary/aromatic N) is 3. The molecule has 0 saturated carbocycles. The molecule has 27 heavy (non-hydrogen) atoms. The summed E-state index contributed by atoms with van der Waals surface area (Å²) in [6.45, 7) is 6.47. The molecule has 8 heteroatoms. The van der Waals surface area contributed by atoms with Crippen molar-refractivity contribution in [2.75, 3.05) is 63.9 Å². The Balaban J connectivity index is 1.40. The van der Waals surface area contributed by atoms with Crippen molar-refractivity contribution in [2.45, 2.75) is 6.42 Å². The van der Waals surface area contributed by atoms with E-state index >= 15 is 0 Å². The van der Waals surface area contributed by atoms with E-state index in [1.54, 1.807) is 11.0 Å². The van der Waals surface area contributed by atoms with Crippen molar-refractivity contribution in [1.29, 1.82) is 0 Å². The van der Waals surface area contributed by atoms with Crippen molar-refractivity contribution in [3.05, 3.63) is 29.6 Å². The minimum atomic E-state index is -0.547. The zero-order valence-electron chi connectivity index (χ0n) is 15.3. The van der Waals surface area contributed by atoms with Crippen LogP contribution >= 0.6 is 0 Å². The van der Waals surface area contributed by atoms with Crippen LogP contribution in [0.15, 0.2) is 18.2 Å². The third kappa shape index (κ3) is 3.91. The van der Waals surface area contributed by atoms with Crippen LogP contribution in [-0.4, -0.2) is 80.8 Å². The number of halogens is 1. The summed E-state index contributed by atoms with van der Waals surface area (Å²) < 4.78 is 19.7. The predicted octanol–water partition coefficient (Wildman–Crippen LogP) is 1.15. The maximum absolute atomic E-state index is 14.3. The summed E-state index contributed by atoms with van der Waals surface area (Å²) in [4.78, 5) is 30.3. The van der Waals surface area contributed by atoms with Crippen molar-refractivity contribution >= 4 is 17.6 Å². The summed E-state index contributed by atoms with van der Waals surface area (Å²) in [5, 5.41) is 2.71. The van der Waals surface area contributed by atoms with E-state index in [2.05, 4.69) is 10.2 Å². The van der Waals surface area contributed by atoms with Gasteiger partial charge >= 0.3 is 6.03 Å². The van der Waals surface area contributed by atoms with Gasteiger partial charge in [0, 0.05) is 58.1 Å². The summed E-state index contributed by atoms with van der Waals surface area (Å²) in [7, 11) is 0. The Morgan fingerprint density at radius 3 is 2.70 bits per heavy atom. The van der Waals surface area contributed by atoms with Crippen LogP contribution in [0, 0.1) is 11.7 Å². The molecule has 0 radical (unpaired) electrons. The van der Waals surface area contributed by atoms with Crippen LogP contribution in [0.2, 0.25) is 0 Å². The minimum absolute atomic E-state index is 0.0323. The Hall–Kier alpha value is -2.19. The first kappa shape index (κ1) is 18.2. The lowest BCUT2D eigenvalue weighted by molar-refractivity contribution is 0.0607. The second-order valence-corrected chi connectivity index (χ2v) is 7.37. The molecule has 0 aromatic heterocycles. The highest BCUT2D eigenvalue weighted by Gasteiger charge is 2.28. The minimum Gasteiger partial charge on any atom is -0.381 e. The first-order valence-electron chi connectivity index (χ1n) is 9.56. The highest BCUT2D eigenvalue weighted by atomic mass is 19.1. The number of hydrogen-bond donors (Lipinski definition) is 1. The first-order chi connectivity index (χ1) is 13.1. The van der Waals surface area contributed by atoms with Crippen LogP contribution < -0.4 is 10.2 Å². The average molecular weight is 376 g/mol. The van der Waals surface area contributed by atoms with Gasteiger partial charge in [-0.3, -0.25) is 14.6 Å². The van der Waals surface area contributed by atoms with Gasteiger partial charge in [-0.2, -0.15) is 0 Å². The number of ether oxygens (including phenoxy) is 1. The average Bonchev–Trinajstić information content (AvgIpc) is 3.34. The highest BCUT2D eigenvalue weighted by Crippen LogP contribution is 2.22. The van der Waals surface area contributed by atoms with E-state index in [1.165, 1.54) is 17.0 Å². The molecule has 1 unspecified atom stereocenters. The molecule has 3 aliphatic heterocycles. The molecule has 0 aliphatic carbocycles. The second kappa shape index (κ2) is 7.82. The second-order valence-electron chi connectivity index (χ2n) is 7.37. The van der Waals surface area contributed by atoms with Crippen LogP contribution in [0.5, 0.6) is 0 Å².